The number of benzene rings is 2. The van der Waals surface area contributed by atoms with Gasteiger partial charge in [0, 0.05) is 61.7 Å². The fraction of sp³-hybridized carbons (Fsp3) is 0.370. The van der Waals surface area contributed by atoms with Crippen molar-refractivity contribution in [1.82, 2.24) is 19.6 Å². The maximum Gasteiger partial charge on any atom is 0.227 e. The number of aliphatic imine (C=N–C) groups is 1. The Morgan fingerprint density at radius 1 is 1.11 bits per heavy atom. The predicted molar refractivity (Wildman–Crippen MR) is 128 cm³/mol. The number of carbonyl (C=O) groups is 1. The Balaban J connectivity index is 1.21. The van der Waals surface area contributed by atoms with Crippen LogP contribution in [0.15, 0.2) is 47.7 Å². The molecule has 1 fully saturated rings. The number of likely N-dealkylation sites (tertiary alicyclic amines) is 1. The van der Waals surface area contributed by atoms with E-state index in [1.165, 1.54) is 17.7 Å². The van der Waals surface area contributed by atoms with Gasteiger partial charge in [-0.15, -0.1) is 0 Å². The molecule has 1 aromatic heterocycles. The molecule has 35 heavy (non-hydrogen) atoms. The summed E-state index contributed by atoms with van der Waals surface area (Å²) in [7, 11) is 1.90. The molecule has 2 aromatic carbocycles. The largest absolute Gasteiger partial charge is 0.334 e. The highest BCUT2D eigenvalue weighted by Crippen LogP contribution is 2.32. The van der Waals surface area contributed by atoms with Crippen LogP contribution in [-0.4, -0.2) is 50.3 Å². The van der Waals surface area contributed by atoms with E-state index in [0.717, 1.165) is 53.4 Å². The molecule has 0 aliphatic carbocycles. The number of amides is 1. The van der Waals surface area contributed by atoms with Crippen molar-refractivity contribution in [2.75, 3.05) is 13.1 Å². The van der Waals surface area contributed by atoms with Gasteiger partial charge in [0.25, 0.3) is 0 Å². The second kappa shape index (κ2) is 8.68. The standard InChI is InChI=1S/C27H27F2N5O/c1-32-13-21(12-31-32)27-24-8-20-15-34(26(35)9-18(20)7-19(24)11-30-27)23-3-2-6-33(16-23)14-17-4-5-22(28)10-25(17)29/h4-5,7-8,10,12-13,23H,2-3,6,9,11,14-16H2,1H3/t23-/m1/s1. The van der Waals surface area contributed by atoms with Gasteiger partial charge in [-0.25, -0.2) is 8.78 Å². The van der Waals surface area contributed by atoms with Crippen LogP contribution >= 0.6 is 0 Å². The van der Waals surface area contributed by atoms with E-state index in [4.69, 9.17) is 4.99 Å². The second-order valence-electron chi connectivity index (χ2n) is 9.81. The molecular formula is C27H27F2N5O. The molecule has 1 amide bonds. The van der Waals surface area contributed by atoms with Crippen molar-refractivity contribution in [3.63, 3.8) is 0 Å². The maximum atomic E-state index is 14.2. The Morgan fingerprint density at radius 2 is 2.00 bits per heavy atom. The van der Waals surface area contributed by atoms with Gasteiger partial charge in [-0.1, -0.05) is 12.1 Å². The topological polar surface area (TPSA) is 53.7 Å². The average molecular weight is 476 g/mol. The summed E-state index contributed by atoms with van der Waals surface area (Å²) in [5.74, 6) is -0.942. The monoisotopic (exact) mass is 475 g/mol. The Kier molecular flexibility index (Phi) is 5.48. The first-order chi connectivity index (χ1) is 16.9. The van der Waals surface area contributed by atoms with Crippen molar-refractivity contribution < 1.29 is 13.6 Å². The molecule has 0 saturated carbocycles. The summed E-state index contributed by atoms with van der Waals surface area (Å²) >= 11 is 0. The van der Waals surface area contributed by atoms with Gasteiger partial charge in [0.1, 0.15) is 11.6 Å². The lowest BCUT2D eigenvalue weighted by molar-refractivity contribution is -0.135. The highest BCUT2D eigenvalue weighted by molar-refractivity contribution is 6.15. The van der Waals surface area contributed by atoms with Crippen molar-refractivity contribution >= 4 is 11.6 Å². The van der Waals surface area contributed by atoms with Crippen LogP contribution < -0.4 is 0 Å². The van der Waals surface area contributed by atoms with Crippen molar-refractivity contribution in [1.29, 1.82) is 0 Å². The first kappa shape index (κ1) is 22.1. The molecule has 0 bridgehead atoms. The normalized spacial score (nSPS) is 20.1. The molecule has 1 atom stereocenters. The molecule has 6 nitrogen and oxygen atoms in total. The number of nitrogens with zero attached hydrogens (tertiary/aromatic N) is 5. The van der Waals surface area contributed by atoms with Crippen LogP contribution in [0.2, 0.25) is 0 Å². The molecule has 8 heteroatoms. The first-order valence-electron chi connectivity index (χ1n) is 12.1. The molecular weight excluding hydrogens is 448 g/mol. The highest BCUT2D eigenvalue weighted by atomic mass is 19.1. The summed E-state index contributed by atoms with van der Waals surface area (Å²) in [6.07, 6.45) is 6.07. The minimum Gasteiger partial charge on any atom is -0.334 e. The van der Waals surface area contributed by atoms with Crippen molar-refractivity contribution in [2.24, 2.45) is 12.0 Å². The number of fused-ring (bicyclic) bond motifs is 2. The number of halogens is 2. The van der Waals surface area contributed by atoms with E-state index in [1.54, 1.807) is 4.68 Å². The lowest BCUT2D eigenvalue weighted by Crippen LogP contribution is -2.51. The lowest BCUT2D eigenvalue weighted by Gasteiger charge is -2.41. The van der Waals surface area contributed by atoms with E-state index in [0.29, 0.717) is 38.2 Å². The van der Waals surface area contributed by atoms with E-state index < -0.39 is 11.6 Å². The van der Waals surface area contributed by atoms with Crippen molar-refractivity contribution in [3.05, 3.63) is 87.7 Å². The van der Waals surface area contributed by atoms with Gasteiger partial charge in [0.2, 0.25) is 5.91 Å². The smallest absolute Gasteiger partial charge is 0.227 e. The minimum atomic E-state index is -0.566. The second-order valence-corrected chi connectivity index (χ2v) is 9.81. The number of aryl methyl sites for hydroxylation is 1. The maximum absolute atomic E-state index is 14.2. The van der Waals surface area contributed by atoms with Crippen LogP contribution in [0.25, 0.3) is 0 Å². The molecule has 0 N–H and O–H groups in total. The van der Waals surface area contributed by atoms with Gasteiger partial charge in [-0.2, -0.15) is 5.10 Å². The molecule has 180 valence electrons. The quantitative estimate of drug-likeness (QED) is 0.580. The van der Waals surface area contributed by atoms with Crippen LogP contribution in [0.4, 0.5) is 8.78 Å². The van der Waals surface area contributed by atoms with Crippen LogP contribution in [0.5, 0.6) is 0 Å². The zero-order valence-electron chi connectivity index (χ0n) is 19.7. The summed E-state index contributed by atoms with van der Waals surface area (Å²) in [5, 5.41) is 4.29. The Hall–Kier alpha value is -3.39. The van der Waals surface area contributed by atoms with E-state index in [-0.39, 0.29) is 11.9 Å². The molecule has 0 radical (unpaired) electrons. The molecule has 0 spiro atoms. The lowest BCUT2D eigenvalue weighted by atomic mass is 9.90. The van der Waals surface area contributed by atoms with Gasteiger partial charge in [0.05, 0.1) is 24.9 Å². The van der Waals surface area contributed by atoms with E-state index in [9.17, 15) is 13.6 Å². The SMILES string of the molecule is Cn1cc(C2=NCc3cc4c(cc32)CN([C@@H]2CCCN(Cc3ccc(F)cc3F)C2)C(=O)C4)cn1. The van der Waals surface area contributed by atoms with Gasteiger partial charge < -0.3 is 4.90 Å². The Labute approximate surface area is 202 Å². The summed E-state index contributed by atoms with van der Waals surface area (Å²) in [6, 6.07) is 8.18. The third-order valence-electron chi connectivity index (χ3n) is 7.40. The number of aromatic nitrogens is 2. The van der Waals surface area contributed by atoms with Crippen LogP contribution in [0, 0.1) is 11.6 Å². The van der Waals surface area contributed by atoms with Crippen LogP contribution in [0.3, 0.4) is 0 Å². The molecule has 3 aliphatic heterocycles. The molecule has 0 unspecified atom stereocenters. The fourth-order valence-corrected chi connectivity index (χ4v) is 5.63. The Morgan fingerprint density at radius 3 is 2.80 bits per heavy atom. The zero-order valence-corrected chi connectivity index (χ0v) is 19.7. The zero-order chi connectivity index (χ0) is 24.1. The van der Waals surface area contributed by atoms with Crippen molar-refractivity contribution in [2.45, 2.75) is 44.9 Å². The number of piperidine rings is 1. The summed E-state index contributed by atoms with van der Waals surface area (Å²) < 4.78 is 29.3. The van der Waals surface area contributed by atoms with Crippen LogP contribution in [-0.2, 0) is 37.9 Å². The predicted octanol–water partition coefficient (Wildman–Crippen LogP) is 3.60. The fourth-order valence-electron chi connectivity index (χ4n) is 5.63. The van der Waals surface area contributed by atoms with E-state index >= 15 is 0 Å². The number of hydrogen-bond donors (Lipinski definition) is 0. The number of rotatable bonds is 4. The van der Waals surface area contributed by atoms with Gasteiger partial charge in [-0.05, 0) is 48.2 Å². The average Bonchev–Trinajstić information content (AvgIpc) is 3.45. The summed E-state index contributed by atoms with van der Waals surface area (Å²) in [5.41, 5.74) is 7.00. The van der Waals surface area contributed by atoms with Gasteiger partial charge in [-0.3, -0.25) is 19.4 Å². The molecule has 3 aromatic rings. The number of carbonyl (C=O) groups excluding carboxylic acids is 1. The molecule has 1 saturated heterocycles. The van der Waals surface area contributed by atoms with Gasteiger partial charge in [0.15, 0.2) is 0 Å². The molecule has 4 heterocycles. The third kappa shape index (κ3) is 4.16. The van der Waals surface area contributed by atoms with E-state index in [1.807, 2.05) is 24.3 Å². The molecule has 3 aliphatic rings. The summed E-state index contributed by atoms with van der Waals surface area (Å²) in [4.78, 5) is 22.1. The van der Waals surface area contributed by atoms with E-state index in [2.05, 4.69) is 22.1 Å². The minimum absolute atomic E-state index is 0.0765. The summed E-state index contributed by atoms with van der Waals surface area (Å²) in [6.45, 7) is 3.14. The molecule has 6 rings (SSSR count). The highest BCUT2D eigenvalue weighted by Gasteiger charge is 2.33. The van der Waals surface area contributed by atoms with Crippen LogP contribution in [0.1, 0.15) is 46.2 Å². The first-order valence-corrected chi connectivity index (χ1v) is 12.1. The van der Waals surface area contributed by atoms with Crippen molar-refractivity contribution in [3.8, 4) is 0 Å². The van der Waals surface area contributed by atoms with Gasteiger partial charge >= 0.3 is 0 Å². The Bertz CT molecular complexity index is 1350. The third-order valence-corrected chi connectivity index (χ3v) is 7.40. The number of hydrogen-bond acceptors (Lipinski definition) is 4.